The van der Waals surface area contributed by atoms with E-state index in [1.165, 1.54) is 0 Å². The number of likely N-dealkylation sites (N-methyl/N-ethyl adjacent to an activating group) is 1. The monoisotopic (exact) mass is 437 g/mol. The van der Waals surface area contributed by atoms with Crippen LogP contribution in [0.5, 0.6) is 5.75 Å². The van der Waals surface area contributed by atoms with Gasteiger partial charge in [-0.3, -0.25) is 9.78 Å². The molecule has 0 aliphatic carbocycles. The second-order valence-electron chi connectivity index (χ2n) is 7.27. The average molecular weight is 438 g/mol. The van der Waals surface area contributed by atoms with Gasteiger partial charge in [-0.25, -0.2) is 0 Å². The molecule has 3 aromatic rings. The number of benzene rings is 2. The average Bonchev–Trinajstić information content (AvgIpc) is 2.76. The third-order valence-corrected chi connectivity index (χ3v) is 5.07. The summed E-state index contributed by atoms with van der Waals surface area (Å²) >= 11 is 6.24. The van der Waals surface area contributed by atoms with Gasteiger partial charge in [-0.15, -0.1) is 0 Å². The zero-order valence-electron chi connectivity index (χ0n) is 17.7. The van der Waals surface area contributed by atoms with Gasteiger partial charge in [0.25, 0.3) is 5.91 Å². The van der Waals surface area contributed by atoms with E-state index in [-0.39, 0.29) is 5.91 Å². The molecule has 3 rings (SSSR count). The Bertz CT molecular complexity index is 1140. The number of nitriles is 1. The summed E-state index contributed by atoms with van der Waals surface area (Å²) in [7, 11) is 5.45. The molecule has 0 aliphatic heterocycles. The highest BCUT2D eigenvalue weighted by atomic mass is 35.5. The van der Waals surface area contributed by atoms with Crippen LogP contribution in [0.2, 0.25) is 5.02 Å². The number of hydrogen-bond acceptors (Lipinski definition) is 6. The minimum Gasteiger partial charge on any atom is -0.495 e. The summed E-state index contributed by atoms with van der Waals surface area (Å²) < 4.78 is 5.20. The summed E-state index contributed by atoms with van der Waals surface area (Å²) in [5.74, 6) is 0.369. The van der Waals surface area contributed by atoms with Crippen LogP contribution in [0.3, 0.4) is 0 Å². The molecule has 160 valence electrons. The fraction of sp³-hybridized carbons (Fsp3) is 0.261. The molecule has 0 spiro atoms. The van der Waals surface area contributed by atoms with Crippen molar-refractivity contribution in [1.82, 2.24) is 15.2 Å². The van der Waals surface area contributed by atoms with Gasteiger partial charge in [-0.1, -0.05) is 17.7 Å². The second kappa shape index (κ2) is 10.1. The van der Waals surface area contributed by atoms with E-state index in [4.69, 9.17) is 16.3 Å². The van der Waals surface area contributed by atoms with Crippen molar-refractivity contribution in [2.45, 2.75) is 6.54 Å². The van der Waals surface area contributed by atoms with Crippen molar-refractivity contribution < 1.29 is 9.53 Å². The van der Waals surface area contributed by atoms with E-state index in [1.807, 2.05) is 31.1 Å². The van der Waals surface area contributed by atoms with Crippen LogP contribution in [0.15, 0.2) is 42.6 Å². The molecule has 2 N–H and O–H groups in total. The van der Waals surface area contributed by atoms with Gasteiger partial charge in [0.15, 0.2) is 0 Å². The Kier molecular flexibility index (Phi) is 7.29. The van der Waals surface area contributed by atoms with Gasteiger partial charge in [0.1, 0.15) is 5.75 Å². The molecule has 1 heterocycles. The zero-order chi connectivity index (χ0) is 22.4. The van der Waals surface area contributed by atoms with Gasteiger partial charge in [-0.2, -0.15) is 5.26 Å². The first kappa shape index (κ1) is 22.3. The van der Waals surface area contributed by atoms with Crippen molar-refractivity contribution in [2.75, 3.05) is 39.6 Å². The van der Waals surface area contributed by atoms with Crippen LogP contribution in [0.1, 0.15) is 21.5 Å². The normalized spacial score (nSPS) is 10.7. The molecule has 7 nitrogen and oxygen atoms in total. The molecular weight excluding hydrogens is 414 g/mol. The Morgan fingerprint density at radius 1 is 1.26 bits per heavy atom. The fourth-order valence-electron chi connectivity index (χ4n) is 3.12. The lowest BCUT2D eigenvalue weighted by Gasteiger charge is -2.16. The van der Waals surface area contributed by atoms with Crippen LogP contribution in [0, 0.1) is 11.3 Å². The molecule has 2 aromatic carbocycles. The number of aromatic nitrogens is 1. The Morgan fingerprint density at radius 3 is 2.74 bits per heavy atom. The second-order valence-corrected chi connectivity index (χ2v) is 7.68. The Hall–Kier alpha value is -3.34. The molecule has 0 radical (unpaired) electrons. The molecule has 1 aromatic heterocycles. The quantitative estimate of drug-likeness (QED) is 0.558. The molecule has 8 heteroatoms. The minimum absolute atomic E-state index is 0.228. The number of carbonyl (C=O) groups is 1. The highest BCUT2D eigenvalue weighted by molar-refractivity contribution is 6.32. The predicted octanol–water partition coefficient (Wildman–Crippen LogP) is 3.67. The minimum atomic E-state index is -0.228. The number of hydrogen-bond donors (Lipinski definition) is 2. The Morgan fingerprint density at radius 2 is 2.06 bits per heavy atom. The lowest BCUT2D eigenvalue weighted by atomic mass is 10.1. The van der Waals surface area contributed by atoms with Crippen molar-refractivity contribution in [1.29, 1.82) is 5.26 Å². The summed E-state index contributed by atoms with van der Waals surface area (Å²) in [4.78, 5) is 19.3. The molecule has 31 heavy (non-hydrogen) atoms. The fourth-order valence-corrected chi connectivity index (χ4v) is 3.40. The van der Waals surface area contributed by atoms with Crippen LogP contribution >= 0.6 is 11.6 Å². The maximum absolute atomic E-state index is 12.9. The van der Waals surface area contributed by atoms with Crippen LogP contribution in [-0.2, 0) is 6.54 Å². The number of carbonyl (C=O) groups excluding carboxylic acids is 1. The van der Waals surface area contributed by atoms with Crippen molar-refractivity contribution in [3.8, 4) is 11.8 Å². The molecule has 1 amide bonds. The number of anilines is 1. The molecule has 0 aliphatic rings. The molecule has 0 fully saturated rings. The summed E-state index contributed by atoms with van der Waals surface area (Å²) in [6.07, 6.45) is 1.56. The smallest absolute Gasteiger partial charge is 0.255 e. The van der Waals surface area contributed by atoms with Gasteiger partial charge in [0.2, 0.25) is 0 Å². The van der Waals surface area contributed by atoms with E-state index in [1.54, 1.807) is 37.6 Å². The highest BCUT2D eigenvalue weighted by Crippen LogP contribution is 2.29. The summed E-state index contributed by atoms with van der Waals surface area (Å²) in [5, 5.41) is 16.8. The van der Waals surface area contributed by atoms with E-state index in [0.29, 0.717) is 51.6 Å². The molecule has 0 bridgehead atoms. The number of pyridine rings is 1. The van der Waals surface area contributed by atoms with E-state index in [9.17, 15) is 10.1 Å². The van der Waals surface area contributed by atoms with E-state index >= 15 is 0 Å². The maximum atomic E-state index is 12.9. The number of fused-ring (bicyclic) bond motifs is 1. The maximum Gasteiger partial charge on any atom is 0.255 e. The summed E-state index contributed by atoms with van der Waals surface area (Å²) in [6.45, 7) is 1.66. The van der Waals surface area contributed by atoms with Crippen LogP contribution < -0.4 is 15.4 Å². The summed E-state index contributed by atoms with van der Waals surface area (Å²) in [5.41, 5.74) is 3.15. The Labute approximate surface area is 186 Å². The molecular formula is C23H24ClN5O2. The third kappa shape index (κ3) is 5.43. The Balaban J connectivity index is 1.95. The number of methoxy groups -OCH3 is 1. The number of ether oxygens (including phenoxy) is 1. The first-order chi connectivity index (χ1) is 14.9. The largest absolute Gasteiger partial charge is 0.495 e. The number of amides is 1. The lowest BCUT2D eigenvalue weighted by molar-refractivity contribution is 0.0951. The first-order valence-corrected chi connectivity index (χ1v) is 10.1. The van der Waals surface area contributed by atoms with E-state index < -0.39 is 0 Å². The van der Waals surface area contributed by atoms with E-state index in [2.05, 4.69) is 21.7 Å². The first-order valence-electron chi connectivity index (χ1n) is 9.75. The zero-order valence-corrected chi connectivity index (χ0v) is 18.5. The third-order valence-electron chi connectivity index (χ3n) is 4.77. The number of nitrogens with zero attached hydrogens (tertiary/aromatic N) is 3. The lowest BCUT2D eigenvalue weighted by Crippen LogP contribution is -2.31. The van der Waals surface area contributed by atoms with E-state index in [0.717, 1.165) is 12.1 Å². The van der Waals surface area contributed by atoms with Gasteiger partial charge >= 0.3 is 0 Å². The van der Waals surface area contributed by atoms with Crippen molar-refractivity contribution in [2.24, 2.45) is 0 Å². The molecule has 0 unspecified atom stereocenters. The number of halogens is 1. The van der Waals surface area contributed by atoms with Crippen LogP contribution in [0.4, 0.5) is 5.69 Å². The van der Waals surface area contributed by atoms with Gasteiger partial charge in [0.05, 0.1) is 40.5 Å². The topological polar surface area (TPSA) is 90.3 Å². The van der Waals surface area contributed by atoms with Crippen molar-refractivity contribution in [3.05, 3.63) is 64.3 Å². The van der Waals surface area contributed by atoms with Crippen molar-refractivity contribution in [3.63, 3.8) is 0 Å². The standard InChI is InChI=1S/C23H24ClN5O2/c1-29(2)9-8-26-23(30)18-14-27-20-6-4-15(12-25)10-17(20)22(18)28-13-16-5-7-21(31-3)19(24)11-16/h4-7,10-11,14H,8-9,13H2,1-3H3,(H,26,30)(H,27,28). The molecule has 0 saturated heterocycles. The van der Waals surface area contributed by atoms with Gasteiger partial charge < -0.3 is 20.3 Å². The summed E-state index contributed by atoms with van der Waals surface area (Å²) in [6, 6.07) is 12.9. The van der Waals surface area contributed by atoms with Crippen LogP contribution in [0.25, 0.3) is 10.9 Å². The SMILES string of the molecule is COc1ccc(CNc2c(C(=O)NCCN(C)C)cnc3ccc(C#N)cc23)cc1Cl. The predicted molar refractivity (Wildman–Crippen MR) is 123 cm³/mol. The van der Waals surface area contributed by atoms with Crippen molar-refractivity contribution >= 4 is 34.1 Å². The number of nitrogens with one attached hydrogen (secondary N) is 2. The molecule has 0 saturated carbocycles. The number of rotatable bonds is 8. The van der Waals surface area contributed by atoms with Crippen LogP contribution in [-0.4, -0.2) is 50.1 Å². The van der Waals surface area contributed by atoms with Gasteiger partial charge in [0, 0.05) is 31.2 Å². The molecule has 0 atom stereocenters. The highest BCUT2D eigenvalue weighted by Gasteiger charge is 2.16. The van der Waals surface area contributed by atoms with Gasteiger partial charge in [-0.05, 0) is 50.0 Å².